The molecule has 1 unspecified atom stereocenters. The van der Waals surface area contributed by atoms with Gasteiger partial charge in [0.1, 0.15) is 0 Å². The molecule has 4 heteroatoms. The van der Waals surface area contributed by atoms with Crippen LogP contribution >= 0.6 is 0 Å². The SMILES string of the molecule is C=C[N+]1=C(C)C(C)(CCCCC(=O)O)c2ccccc21.[I-]. The molecule has 1 heterocycles. The molecule has 1 aromatic carbocycles. The number of hydrogen-bond acceptors (Lipinski definition) is 1. The highest BCUT2D eigenvalue weighted by Gasteiger charge is 2.45. The van der Waals surface area contributed by atoms with Crippen molar-refractivity contribution < 1.29 is 38.5 Å². The van der Waals surface area contributed by atoms with Gasteiger partial charge in [-0.25, -0.2) is 0 Å². The van der Waals surface area contributed by atoms with Gasteiger partial charge in [0, 0.05) is 25.0 Å². The Bertz CT molecular complexity index is 580. The second-order valence-corrected chi connectivity index (χ2v) is 5.59. The smallest absolute Gasteiger partial charge is 0.303 e. The van der Waals surface area contributed by atoms with Gasteiger partial charge in [0.15, 0.2) is 11.9 Å². The maximum absolute atomic E-state index is 10.6. The number of carboxylic acid groups (broad SMARTS) is 1. The third-order valence-corrected chi connectivity index (χ3v) is 4.42. The van der Waals surface area contributed by atoms with Gasteiger partial charge in [0.2, 0.25) is 5.69 Å². The first-order chi connectivity index (χ1) is 9.50. The molecule has 0 saturated carbocycles. The Morgan fingerprint density at radius 3 is 2.67 bits per heavy atom. The maximum Gasteiger partial charge on any atom is 0.303 e. The second-order valence-electron chi connectivity index (χ2n) is 5.59. The van der Waals surface area contributed by atoms with E-state index < -0.39 is 5.97 Å². The van der Waals surface area contributed by atoms with E-state index >= 15 is 0 Å². The second kappa shape index (κ2) is 7.20. The van der Waals surface area contributed by atoms with E-state index in [1.165, 1.54) is 17.0 Å². The van der Waals surface area contributed by atoms with Crippen molar-refractivity contribution in [3.05, 3.63) is 42.6 Å². The highest BCUT2D eigenvalue weighted by atomic mass is 127. The third kappa shape index (κ3) is 3.36. The van der Waals surface area contributed by atoms with E-state index in [-0.39, 0.29) is 35.8 Å². The molecular weight excluding hydrogens is 377 g/mol. The highest BCUT2D eigenvalue weighted by molar-refractivity contribution is 5.93. The predicted octanol–water partition coefficient (Wildman–Crippen LogP) is 0.855. The third-order valence-electron chi connectivity index (χ3n) is 4.42. The van der Waals surface area contributed by atoms with Crippen molar-refractivity contribution in [3.63, 3.8) is 0 Å². The number of aliphatic carboxylic acids is 1. The van der Waals surface area contributed by atoms with Crippen LogP contribution in [0.2, 0.25) is 0 Å². The minimum atomic E-state index is -0.713. The summed E-state index contributed by atoms with van der Waals surface area (Å²) in [7, 11) is 0. The number of carbonyl (C=O) groups is 1. The Morgan fingerprint density at radius 2 is 2.05 bits per heavy atom. The van der Waals surface area contributed by atoms with Crippen LogP contribution < -0.4 is 24.0 Å². The van der Waals surface area contributed by atoms with Crippen LogP contribution in [0.4, 0.5) is 5.69 Å². The summed E-state index contributed by atoms with van der Waals surface area (Å²) in [4.78, 5) is 10.6. The van der Waals surface area contributed by atoms with Crippen LogP contribution in [0.1, 0.15) is 45.1 Å². The van der Waals surface area contributed by atoms with Crippen molar-refractivity contribution in [1.82, 2.24) is 0 Å². The highest BCUT2D eigenvalue weighted by Crippen LogP contribution is 2.42. The molecule has 0 fully saturated rings. The fourth-order valence-corrected chi connectivity index (χ4v) is 3.10. The van der Waals surface area contributed by atoms with Crippen LogP contribution in [0, 0.1) is 0 Å². The van der Waals surface area contributed by atoms with Crippen molar-refractivity contribution in [2.24, 2.45) is 0 Å². The summed E-state index contributed by atoms with van der Waals surface area (Å²) in [6, 6.07) is 8.38. The number of halogens is 1. The summed E-state index contributed by atoms with van der Waals surface area (Å²) < 4.78 is 2.15. The van der Waals surface area contributed by atoms with Crippen LogP contribution in [-0.2, 0) is 10.2 Å². The van der Waals surface area contributed by atoms with Gasteiger partial charge in [0.25, 0.3) is 0 Å². The Kier molecular flexibility index (Phi) is 6.13. The summed E-state index contributed by atoms with van der Waals surface area (Å²) in [6.45, 7) is 8.28. The molecule has 1 N–H and O–H groups in total. The largest absolute Gasteiger partial charge is 1.00 e. The van der Waals surface area contributed by atoms with E-state index in [2.05, 4.69) is 43.2 Å². The molecular formula is C17H22INO2. The summed E-state index contributed by atoms with van der Waals surface area (Å²) in [5.41, 5.74) is 3.75. The molecule has 0 bridgehead atoms. The van der Waals surface area contributed by atoms with Gasteiger partial charge in [0.05, 0.1) is 5.41 Å². The van der Waals surface area contributed by atoms with Gasteiger partial charge in [-0.15, -0.1) is 0 Å². The molecule has 114 valence electrons. The number of benzene rings is 1. The molecule has 3 nitrogen and oxygen atoms in total. The lowest BCUT2D eigenvalue weighted by molar-refractivity contribution is -0.357. The molecule has 1 atom stereocenters. The average molecular weight is 399 g/mol. The molecule has 0 radical (unpaired) electrons. The van der Waals surface area contributed by atoms with Gasteiger partial charge < -0.3 is 29.1 Å². The van der Waals surface area contributed by atoms with Crippen LogP contribution in [0.25, 0.3) is 0 Å². The number of hydrogen-bond donors (Lipinski definition) is 1. The van der Waals surface area contributed by atoms with Crippen molar-refractivity contribution in [2.75, 3.05) is 0 Å². The standard InChI is InChI=1S/C17H21NO2.HI/c1-4-18-13(2)17(3,12-8-7-11-16(19)20)14-9-5-6-10-15(14)18;/h4-6,9-10H,1,7-8,11-12H2,2-3H3;1H. The maximum atomic E-state index is 10.6. The van der Waals surface area contributed by atoms with Crippen LogP contribution in [-0.4, -0.2) is 21.4 Å². The van der Waals surface area contributed by atoms with E-state index in [0.717, 1.165) is 19.3 Å². The Morgan fingerprint density at radius 1 is 1.38 bits per heavy atom. The van der Waals surface area contributed by atoms with Crippen LogP contribution in [0.3, 0.4) is 0 Å². The number of para-hydroxylation sites is 1. The van der Waals surface area contributed by atoms with Gasteiger partial charge in [-0.3, -0.25) is 4.79 Å². The molecule has 0 amide bonds. The minimum absolute atomic E-state index is 0. The van der Waals surface area contributed by atoms with Crippen LogP contribution in [0.15, 0.2) is 37.0 Å². The van der Waals surface area contributed by atoms with E-state index in [4.69, 9.17) is 5.11 Å². The molecule has 1 aliphatic rings. The van der Waals surface area contributed by atoms with Gasteiger partial charge in [-0.1, -0.05) is 24.6 Å². The topological polar surface area (TPSA) is 40.3 Å². The summed E-state index contributed by atoms with van der Waals surface area (Å²) in [5.74, 6) is -0.713. The number of carboxylic acids is 1. The van der Waals surface area contributed by atoms with Gasteiger partial charge in [-0.05, 0) is 26.3 Å². The fraction of sp³-hybridized carbons (Fsp3) is 0.412. The molecule has 1 aliphatic heterocycles. The Labute approximate surface area is 143 Å². The minimum Gasteiger partial charge on any atom is -1.00 e. The lowest BCUT2D eigenvalue weighted by Crippen LogP contribution is -3.00. The van der Waals surface area contributed by atoms with Gasteiger partial charge in [-0.2, -0.15) is 4.58 Å². The van der Waals surface area contributed by atoms with E-state index in [9.17, 15) is 4.79 Å². The lowest BCUT2D eigenvalue weighted by Gasteiger charge is -2.21. The number of nitrogens with zero attached hydrogens (tertiary/aromatic N) is 1. The molecule has 21 heavy (non-hydrogen) atoms. The molecule has 0 spiro atoms. The number of fused-ring (bicyclic) bond motifs is 1. The average Bonchev–Trinajstić information content (AvgIpc) is 2.64. The first kappa shape index (κ1) is 17.9. The van der Waals surface area contributed by atoms with E-state index in [1.807, 2.05) is 12.3 Å². The molecule has 0 aliphatic carbocycles. The fourth-order valence-electron chi connectivity index (χ4n) is 3.10. The van der Waals surface area contributed by atoms with Crippen molar-refractivity contribution >= 4 is 17.4 Å². The first-order valence-electron chi connectivity index (χ1n) is 7.08. The molecule has 2 rings (SSSR count). The normalized spacial score (nSPS) is 19.9. The molecule has 1 aromatic rings. The number of unbranched alkanes of at least 4 members (excludes halogenated alkanes) is 1. The van der Waals surface area contributed by atoms with E-state index in [1.54, 1.807) is 0 Å². The lowest BCUT2D eigenvalue weighted by atomic mass is 9.76. The van der Waals surface area contributed by atoms with Crippen molar-refractivity contribution in [1.29, 1.82) is 0 Å². The summed E-state index contributed by atoms with van der Waals surface area (Å²) in [5, 5.41) is 8.73. The Hall–Kier alpha value is -1.17. The van der Waals surface area contributed by atoms with Gasteiger partial charge >= 0.3 is 5.97 Å². The first-order valence-corrected chi connectivity index (χ1v) is 7.08. The Balaban J connectivity index is 0.00000220. The van der Waals surface area contributed by atoms with E-state index in [0.29, 0.717) is 0 Å². The summed E-state index contributed by atoms with van der Waals surface area (Å²) >= 11 is 0. The van der Waals surface area contributed by atoms with Crippen molar-refractivity contribution in [2.45, 2.75) is 44.9 Å². The zero-order valence-corrected chi connectivity index (χ0v) is 14.8. The zero-order valence-electron chi connectivity index (χ0n) is 12.6. The molecule has 0 saturated heterocycles. The predicted molar refractivity (Wildman–Crippen MR) is 80.7 cm³/mol. The van der Waals surface area contributed by atoms with Crippen LogP contribution in [0.5, 0.6) is 0 Å². The zero-order chi connectivity index (χ0) is 14.8. The molecule has 0 aromatic heterocycles. The monoisotopic (exact) mass is 399 g/mol. The van der Waals surface area contributed by atoms with Crippen molar-refractivity contribution in [3.8, 4) is 0 Å². The summed E-state index contributed by atoms with van der Waals surface area (Å²) in [6.07, 6.45) is 4.72. The number of rotatable bonds is 6. The quantitative estimate of drug-likeness (QED) is 0.438.